The van der Waals surface area contributed by atoms with Crippen molar-refractivity contribution in [2.75, 3.05) is 0 Å². The maximum Gasteiger partial charge on any atom is 0.0999 e. The SMILES string of the molecule is CCn1ncc(Cl)c1C(O)C(C)C(C)C. The first kappa shape index (κ1) is 12.5. The topological polar surface area (TPSA) is 38.0 Å². The summed E-state index contributed by atoms with van der Waals surface area (Å²) in [4.78, 5) is 0. The van der Waals surface area contributed by atoms with E-state index in [1.807, 2.05) is 13.8 Å². The lowest BCUT2D eigenvalue weighted by Gasteiger charge is -2.23. The van der Waals surface area contributed by atoms with Crippen LogP contribution in [0.1, 0.15) is 39.5 Å². The molecule has 0 aromatic carbocycles. The van der Waals surface area contributed by atoms with E-state index in [1.165, 1.54) is 0 Å². The van der Waals surface area contributed by atoms with Gasteiger partial charge in [0.05, 0.1) is 23.0 Å². The predicted molar refractivity (Wildman–Crippen MR) is 61.9 cm³/mol. The Morgan fingerprint density at radius 2 is 2.07 bits per heavy atom. The number of aliphatic hydroxyl groups is 1. The molecule has 2 atom stereocenters. The summed E-state index contributed by atoms with van der Waals surface area (Å²) >= 11 is 6.02. The predicted octanol–water partition coefficient (Wildman–Crippen LogP) is 2.88. The molecular formula is C11H19ClN2O. The van der Waals surface area contributed by atoms with E-state index in [4.69, 9.17) is 11.6 Å². The number of hydrogen-bond acceptors (Lipinski definition) is 2. The maximum atomic E-state index is 10.2. The second kappa shape index (κ2) is 4.99. The average molecular weight is 231 g/mol. The Labute approximate surface area is 96.1 Å². The van der Waals surface area contributed by atoms with Crippen LogP contribution in [0.3, 0.4) is 0 Å². The smallest absolute Gasteiger partial charge is 0.0999 e. The number of rotatable bonds is 4. The van der Waals surface area contributed by atoms with Gasteiger partial charge in [0.25, 0.3) is 0 Å². The number of halogens is 1. The van der Waals surface area contributed by atoms with Crippen LogP contribution in [0.15, 0.2) is 6.20 Å². The highest BCUT2D eigenvalue weighted by molar-refractivity contribution is 6.31. The molecule has 1 rings (SSSR count). The Morgan fingerprint density at radius 3 is 2.53 bits per heavy atom. The lowest BCUT2D eigenvalue weighted by Crippen LogP contribution is -2.19. The standard InChI is InChI=1S/C11H19ClN2O/c1-5-14-10(9(12)6-13-14)11(15)8(4)7(2)3/h6-8,11,15H,5H2,1-4H3. The van der Waals surface area contributed by atoms with Crippen molar-refractivity contribution in [3.63, 3.8) is 0 Å². The van der Waals surface area contributed by atoms with Crippen LogP contribution >= 0.6 is 11.6 Å². The van der Waals surface area contributed by atoms with E-state index in [-0.39, 0.29) is 5.92 Å². The van der Waals surface area contributed by atoms with Crippen molar-refractivity contribution in [3.05, 3.63) is 16.9 Å². The summed E-state index contributed by atoms with van der Waals surface area (Å²) in [5.74, 6) is 0.584. The second-order valence-electron chi connectivity index (χ2n) is 4.24. The number of aromatic nitrogens is 2. The van der Waals surface area contributed by atoms with E-state index in [0.717, 1.165) is 12.2 Å². The first-order valence-corrected chi connectivity index (χ1v) is 5.76. The molecule has 0 fully saturated rings. The van der Waals surface area contributed by atoms with E-state index in [2.05, 4.69) is 18.9 Å². The highest BCUT2D eigenvalue weighted by Crippen LogP contribution is 2.31. The normalized spacial score (nSPS) is 15.7. The Balaban J connectivity index is 2.98. The van der Waals surface area contributed by atoms with Crippen LogP contribution < -0.4 is 0 Å². The van der Waals surface area contributed by atoms with Crippen molar-refractivity contribution in [2.24, 2.45) is 11.8 Å². The lowest BCUT2D eigenvalue weighted by atomic mass is 9.90. The average Bonchev–Trinajstić information content (AvgIpc) is 2.57. The molecule has 0 amide bonds. The quantitative estimate of drug-likeness (QED) is 0.864. The fraction of sp³-hybridized carbons (Fsp3) is 0.727. The molecule has 3 nitrogen and oxygen atoms in total. The molecule has 0 aliphatic rings. The largest absolute Gasteiger partial charge is 0.386 e. The molecule has 1 heterocycles. The zero-order chi connectivity index (χ0) is 11.6. The molecular weight excluding hydrogens is 212 g/mol. The molecule has 0 radical (unpaired) electrons. The lowest BCUT2D eigenvalue weighted by molar-refractivity contribution is 0.0838. The summed E-state index contributed by atoms with van der Waals surface area (Å²) in [6, 6.07) is 0. The highest BCUT2D eigenvalue weighted by atomic mass is 35.5. The fourth-order valence-electron chi connectivity index (χ4n) is 1.53. The van der Waals surface area contributed by atoms with E-state index >= 15 is 0 Å². The number of nitrogens with zero attached hydrogens (tertiary/aromatic N) is 2. The molecule has 1 N–H and O–H groups in total. The summed E-state index contributed by atoms with van der Waals surface area (Å²) in [6.45, 7) is 8.92. The van der Waals surface area contributed by atoms with Crippen molar-refractivity contribution < 1.29 is 5.11 Å². The van der Waals surface area contributed by atoms with E-state index in [1.54, 1.807) is 10.9 Å². The van der Waals surface area contributed by atoms with Gasteiger partial charge in [-0.1, -0.05) is 32.4 Å². The first-order valence-electron chi connectivity index (χ1n) is 5.38. The Bertz CT molecular complexity index is 322. The number of aliphatic hydroxyl groups excluding tert-OH is 1. The first-order chi connectivity index (χ1) is 6.99. The fourth-order valence-corrected chi connectivity index (χ4v) is 1.78. The maximum absolute atomic E-state index is 10.2. The summed E-state index contributed by atoms with van der Waals surface area (Å²) in [5, 5.41) is 14.9. The molecule has 0 aliphatic carbocycles. The van der Waals surface area contributed by atoms with Gasteiger partial charge in [-0.05, 0) is 18.8 Å². The van der Waals surface area contributed by atoms with Crippen LogP contribution in [0.5, 0.6) is 0 Å². The minimum Gasteiger partial charge on any atom is -0.386 e. The molecule has 4 heteroatoms. The summed E-state index contributed by atoms with van der Waals surface area (Å²) in [6.07, 6.45) is 1.05. The van der Waals surface area contributed by atoms with Crippen molar-refractivity contribution in [1.82, 2.24) is 9.78 Å². The zero-order valence-corrected chi connectivity index (χ0v) is 10.5. The van der Waals surface area contributed by atoms with Crippen molar-refractivity contribution in [2.45, 2.75) is 40.3 Å². The van der Waals surface area contributed by atoms with Gasteiger partial charge in [-0.25, -0.2) is 0 Å². The zero-order valence-electron chi connectivity index (χ0n) is 9.74. The van der Waals surface area contributed by atoms with Gasteiger partial charge >= 0.3 is 0 Å². The summed E-state index contributed by atoms with van der Waals surface area (Å²) in [7, 11) is 0. The molecule has 0 saturated carbocycles. The molecule has 0 aliphatic heterocycles. The monoisotopic (exact) mass is 230 g/mol. The number of hydrogen-bond donors (Lipinski definition) is 1. The van der Waals surface area contributed by atoms with Crippen LogP contribution in [0, 0.1) is 11.8 Å². The molecule has 1 aromatic heterocycles. The van der Waals surface area contributed by atoms with Gasteiger partial charge in [-0.15, -0.1) is 0 Å². The van der Waals surface area contributed by atoms with Gasteiger partial charge in [0.1, 0.15) is 0 Å². The molecule has 15 heavy (non-hydrogen) atoms. The van der Waals surface area contributed by atoms with Crippen LogP contribution in [0.4, 0.5) is 0 Å². The van der Waals surface area contributed by atoms with Crippen LogP contribution in [-0.2, 0) is 6.54 Å². The van der Waals surface area contributed by atoms with E-state index < -0.39 is 6.10 Å². The van der Waals surface area contributed by atoms with Crippen molar-refractivity contribution in [3.8, 4) is 0 Å². The minimum atomic E-state index is -0.542. The summed E-state index contributed by atoms with van der Waals surface area (Å²) in [5.41, 5.74) is 0.736. The molecule has 86 valence electrons. The van der Waals surface area contributed by atoms with Crippen molar-refractivity contribution in [1.29, 1.82) is 0 Å². The van der Waals surface area contributed by atoms with E-state index in [0.29, 0.717) is 10.9 Å². The minimum absolute atomic E-state index is 0.171. The van der Waals surface area contributed by atoms with Gasteiger partial charge < -0.3 is 5.11 Å². The Kier molecular flexibility index (Phi) is 4.17. The molecule has 0 spiro atoms. The van der Waals surface area contributed by atoms with Gasteiger partial charge in [-0.2, -0.15) is 5.10 Å². The third-order valence-corrected chi connectivity index (χ3v) is 3.25. The van der Waals surface area contributed by atoms with Gasteiger partial charge in [-0.3, -0.25) is 4.68 Å². The Morgan fingerprint density at radius 1 is 1.47 bits per heavy atom. The van der Waals surface area contributed by atoms with Crippen LogP contribution in [0.2, 0.25) is 5.02 Å². The van der Waals surface area contributed by atoms with Crippen LogP contribution in [-0.4, -0.2) is 14.9 Å². The molecule has 0 saturated heterocycles. The van der Waals surface area contributed by atoms with Crippen molar-refractivity contribution >= 4 is 11.6 Å². The summed E-state index contributed by atoms with van der Waals surface area (Å²) < 4.78 is 1.76. The molecule has 2 unspecified atom stereocenters. The van der Waals surface area contributed by atoms with Crippen LogP contribution in [0.25, 0.3) is 0 Å². The second-order valence-corrected chi connectivity index (χ2v) is 4.65. The number of aryl methyl sites for hydroxylation is 1. The third kappa shape index (κ3) is 2.52. The van der Waals surface area contributed by atoms with Gasteiger partial charge in [0.2, 0.25) is 0 Å². The molecule has 1 aromatic rings. The van der Waals surface area contributed by atoms with Gasteiger partial charge in [0, 0.05) is 6.54 Å². The van der Waals surface area contributed by atoms with E-state index in [9.17, 15) is 5.11 Å². The Hall–Kier alpha value is -0.540. The van der Waals surface area contributed by atoms with Gasteiger partial charge in [0.15, 0.2) is 0 Å². The highest BCUT2D eigenvalue weighted by Gasteiger charge is 2.25. The molecule has 0 bridgehead atoms. The third-order valence-electron chi connectivity index (χ3n) is 2.96.